The summed E-state index contributed by atoms with van der Waals surface area (Å²) < 4.78 is 51.4. The number of nitrogens with two attached hydrogens (primary N) is 1. The van der Waals surface area contributed by atoms with E-state index in [9.17, 15) is 22.4 Å². The van der Waals surface area contributed by atoms with Crippen LogP contribution in [0.5, 0.6) is 0 Å². The van der Waals surface area contributed by atoms with E-state index >= 15 is 0 Å². The van der Waals surface area contributed by atoms with Gasteiger partial charge >= 0.3 is 6.18 Å². The van der Waals surface area contributed by atoms with Crippen LogP contribution in [0.1, 0.15) is 18.3 Å². The van der Waals surface area contributed by atoms with Crippen LogP contribution in [0.25, 0.3) is 0 Å². The molecule has 136 valence electrons. The number of nitrogens with zero attached hydrogens (tertiary/aromatic N) is 4. The van der Waals surface area contributed by atoms with Crippen LogP contribution < -0.4 is 5.84 Å². The van der Waals surface area contributed by atoms with Crippen molar-refractivity contribution in [2.24, 2.45) is 0 Å². The van der Waals surface area contributed by atoms with Crippen molar-refractivity contribution < 1.29 is 22.4 Å². The van der Waals surface area contributed by atoms with E-state index in [1.807, 2.05) is 0 Å². The van der Waals surface area contributed by atoms with Crippen LogP contribution in [0.15, 0.2) is 29.4 Å². The van der Waals surface area contributed by atoms with E-state index in [0.717, 1.165) is 11.8 Å². The monoisotopic (exact) mass is 377 g/mol. The highest BCUT2D eigenvalue weighted by Crippen LogP contribution is 2.30. The maximum Gasteiger partial charge on any atom is 0.453 e. The number of hydrogen-bond acceptors (Lipinski definition) is 5. The molecule has 1 amide bonds. The highest BCUT2D eigenvalue weighted by atomic mass is 32.2. The number of carbonyl (C=O) groups excluding carboxylic acids is 1. The fourth-order valence-electron chi connectivity index (χ4n) is 2.06. The Hall–Kier alpha value is -2.30. The van der Waals surface area contributed by atoms with Crippen LogP contribution in [0.3, 0.4) is 0 Å². The molecule has 0 aliphatic heterocycles. The van der Waals surface area contributed by atoms with Crippen molar-refractivity contribution in [2.75, 3.05) is 12.9 Å². The standard InChI is InChI=1S/C14H15F4N5OS/c1-8(25-13-21-20-12(23(13)19)14(16,17)18)11(24)22(2)7-9-4-3-5-10(15)6-9/h3-6,8H,7,19H2,1-2H3/t8-/m1/s1. The molecule has 0 bridgehead atoms. The van der Waals surface area contributed by atoms with Crippen LogP contribution >= 0.6 is 11.8 Å². The number of carbonyl (C=O) groups is 1. The van der Waals surface area contributed by atoms with Gasteiger partial charge in [-0.25, -0.2) is 9.07 Å². The van der Waals surface area contributed by atoms with Gasteiger partial charge in [0.25, 0.3) is 5.82 Å². The van der Waals surface area contributed by atoms with E-state index in [2.05, 4.69) is 10.2 Å². The van der Waals surface area contributed by atoms with Gasteiger partial charge in [-0.3, -0.25) is 4.79 Å². The molecule has 0 aliphatic carbocycles. The highest BCUT2D eigenvalue weighted by Gasteiger charge is 2.38. The van der Waals surface area contributed by atoms with Crippen LogP contribution in [0, 0.1) is 5.82 Å². The molecule has 6 nitrogen and oxygen atoms in total. The molecular weight excluding hydrogens is 362 g/mol. The molecule has 11 heteroatoms. The molecule has 1 atom stereocenters. The van der Waals surface area contributed by atoms with Gasteiger partial charge < -0.3 is 10.7 Å². The minimum atomic E-state index is -4.73. The number of rotatable bonds is 5. The fraction of sp³-hybridized carbons (Fsp3) is 0.357. The molecular formula is C14H15F4N5OS. The molecule has 0 saturated heterocycles. The maximum absolute atomic E-state index is 13.2. The lowest BCUT2D eigenvalue weighted by Gasteiger charge is -2.21. The summed E-state index contributed by atoms with van der Waals surface area (Å²) in [6, 6.07) is 5.78. The van der Waals surface area contributed by atoms with E-state index in [4.69, 9.17) is 5.84 Å². The molecule has 0 radical (unpaired) electrons. The molecule has 2 N–H and O–H groups in total. The van der Waals surface area contributed by atoms with E-state index in [1.54, 1.807) is 6.07 Å². The molecule has 25 heavy (non-hydrogen) atoms. The summed E-state index contributed by atoms with van der Waals surface area (Å²) in [5.41, 5.74) is 0.592. The first-order chi connectivity index (χ1) is 11.6. The van der Waals surface area contributed by atoms with Crippen molar-refractivity contribution in [3.05, 3.63) is 41.5 Å². The Kier molecular flexibility index (Phi) is 5.55. The molecule has 2 rings (SSSR count). The third kappa shape index (κ3) is 4.62. The molecule has 0 spiro atoms. The average Bonchev–Trinajstić information content (AvgIpc) is 2.87. The lowest BCUT2D eigenvalue weighted by atomic mass is 10.2. The van der Waals surface area contributed by atoms with Crippen molar-refractivity contribution in [1.29, 1.82) is 0 Å². The third-order valence-corrected chi connectivity index (χ3v) is 4.28. The topological polar surface area (TPSA) is 77.0 Å². The summed E-state index contributed by atoms with van der Waals surface area (Å²) in [5.74, 6) is 3.20. The van der Waals surface area contributed by atoms with Gasteiger partial charge in [0.1, 0.15) is 5.82 Å². The SMILES string of the molecule is C[C@@H](Sc1nnc(C(F)(F)F)n1N)C(=O)N(C)Cc1cccc(F)c1. The summed E-state index contributed by atoms with van der Waals surface area (Å²) >= 11 is 0.756. The number of halogens is 4. The minimum absolute atomic E-state index is 0.157. The summed E-state index contributed by atoms with van der Waals surface area (Å²) in [6.07, 6.45) is -4.73. The normalized spacial score (nSPS) is 12.9. The van der Waals surface area contributed by atoms with Gasteiger partial charge in [-0.15, -0.1) is 10.2 Å². The summed E-state index contributed by atoms with van der Waals surface area (Å²) in [4.78, 5) is 13.7. The zero-order valence-corrected chi connectivity index (χ0v) is 14.1. The van der Waals surface area contributed by atoms with E-state index in [-0.39, 0.29) is 17.6 Å². The molecule has 1 aromatic heterocycles. The Labute approximate surface area is 145 Å². The maximum atomic E-state index is 13.2. The van der Waals surface area contributed by atoms with Gasteiger partial charge in [0, 0.05) is 13.6 Å². The Bertz CT molecular complexity index is 764. The quantitative estimate of drug-likeness (QED) is 0.492. The van der Waals surface area contributed by atoms with Gasteiger partial charge in [0.2, 0.25) is 11.1 Å². The first-order valence-corrected chi connectivity index (χ1v) is 7.91. The van der Waals surface area contributed by atoms with Crippen LogP contribution in [0.2, 0.25) is 0 Å². The lowest BCUT2D eigenvalue weighted by Crippen LogP contribution is -2.33. The third-order valence-electron chi connectivity index (χ3n) is 3.23. The summed E-state index contributed by atoms with van der Waals surface area (Å²) in [5, 5.41) is 5.38. The minimum Gasteiger partial charge on any atom is -0.340 e. The van der Waals surface area contributed by atoms with Gasteiger partial charge in [0.15, 0.2) is 0 Å². The second kappa shape index (κ2) is 7.30. The summed E-state index contributed by atoms with van der Waals surface area (Å²) in [7, 11) is 1.51. The molecule has 1 aromatic carbocycles. The van der Waals surface area contributed by atoms with Crippen molar-refractivity contribution in [3.8, 4) is 0 Å². The number of thioether (sulfide) groups is 1. The van der Waals surface area contributed by atoms with Gasteiger partial charge in [0.05, 0.1) is 5.25 Å². The zero-order valence-electron chi connectivity index (χ0n) is 13.3. The number of alkyl halides is 3. The van der Waals surface area contributed by atoms with Crippen molar-refractivity contribution >= 4 is 17.7 Å². The first-order valence-electron chi connectivity index (χ1n) is 7.03. The van der Waals surface area contributed by atoms with Gasteiger partial charge in [-0.2, -0.15) is 13.2 Å². The second-order valence-electron chi connectivity index (χ2n) is 5.26. The number of amides is 1. The van der Waals surface area contributed by atoms with E-state index < -0.39 is 23.1 Å². The number of nitrogen functional groups attached to an aromatic ring is 1. The zero-order chi connectivity index (χ0) is 18.8. The van der Waals surface area contributed by atoms with Gasteiger partial charge in [-0.1, -0.05) is 23.9 Å². The first kappa shape index (κ1) is 19.0. The lowest BCUT2D eigenvalue weighted by molar-refractivity contribution is -0.146. The Balaban J connectivity index is 2.04. The molecule has 2 aromatic rings. The highest BCUT2D eigenvalue weighted by molar-refractivity contribution is 8.00. The fourth-order valence-corrected chi connectivity index (χ4v) is 2.94. The smallest absolute Gasteiger partial charge is 0.340 e. The second-order valence-corrected chi connectivity index (χ2v) is 6.57. The van der Waals surface area contributed by atoms with Crippen molar-refractivity contribution in [3.63, 3.8) is 0 Å². The van der Waals surface area contributed by atoms with Crippen LogP contribution in [-0.2, 0) is 17.5 Å². The summed E-state index contributed by atoms with van der Waals surface area (Å²) in [6.45, 7) is 1.67. The predicted molar refractivity (Wildman–Crippen MR) is 83.4 cm³/mol. The molecule has 0 saturated carbocycles. The average molecular weight is 377 g/mol. The number of hydrogen-bond donors (Lipinski definition) is 1. The predicted octanol–water partition coefficient (Wildman–Crippen LogP) is 2.29. The largest absolute Gasteiger partial charge is 0.453 e. The Morgan fingerprint density at radius 1 is 1.40 bits per heavy atom. The van der Waals surface area contributed by atoms with E-state index in [1.165, 1.54) is 37.1 Å². The molecule has 0 fully saturated rings. The van der Waals surface area contributed by atoms with Gasteiger partial charge in [-0.05, 0) is 24.6 Å². The van der Waals surface area contributed by atoms with Crippen LogP contribution in [0.4, 0.5) is 17.6 Å². The van der Waals surface area contributed by atoms with Crippen molar-refractivity contribution in [2.45, 2.75) is 30.1 Å². The molecule has 0 unspecified atom stereocenters. The Morgan fingerprint density at radius 3 is 2.64 bits per heavy atom. The van der Waals surface area contributed by atoms with Crippen molar-refractivity contribution in [1.82, 2.24) is 19.8 Å². The van der Waals surface area contributed by atoms with E-state index in [0.29, 0.717) is 10.2 Å². The molecule has 0 aliphatic rings. The molecule has 1 heterocycles. The Morgan fingerprint density at radius 2 is 2.08 bits per heavy atom. The number of aromatic nitrogens is 3. The van der Waals surface area contributed by atoms with Crippen LogP contribution in [-0.4, -0.2) is 38.0 Å². The number of benzene rings is 1.